The third-order valence-corrected chi connectivity index (χ3v) is 5.41. The molecule has 1 aromatic carbocycles. The predicted octanol–water partition coefficient (Wildman–Crippen LogP) is 2.73. The Kier molecular flexibility index (Phi) is 4.03. The Balaban J connectivity index is 2.19. The minimum absolute atomic E-state index is 0.103. The second-order valence-electron chi connectivity index (χ2n) is 5.70. The van der Waals surface area contributed by atoms with Crippen molar-refractivity contribution in [2.45, 2.75) is 28.9 Å². The first kappa shape index (κ1) is 18.6. The first-order valence-electron chi connectivity index (χ1n) is 7.04. The fourth-order valence-electron chi connectivity index (χ4n) is 2.68. The Morgan fingerprint density at radius 1 is 1.35 bits per heavy atom. The van der Waals surface area contributed by atoms with Gasteiger partial charge < -0.3 is 9.84 Å². The molecule has 0 fully saturated rings. The van der Waals surface area contributed by atoms with Gasteiger partial charge in [0.15, 0.2) is 5.75 Å². The fourth-order valence-corrected chi connectivity index (χ4v) is 3.70. The van der Waals surface area contributed by atoms with Crippen LogP contribution < -0.4 is 4.74 Å². The van der Waals surface area contributed by atoms with E-state index in [4.69, 9.17) is 4.74 Å². The molecule has 1 atom stereocenters. The summed E-state index contributed by atoms with van der Waals surface area (Å²) in [7, 11) is -4.39. The lowest BCUT2D eigenvalue weighted by atomic mass is 10.1. The average Bonchev–Trinajstić information content (AvgIpc) is 3.01. The van der Waals surface area contributed by atoms with Crippen LogP contribution in [0.5, 0.6) is 11.5 Å². The number of sulfone groups is 1. The SMILES string of the molecule is Cn1cc(Oc2ccc(S(=O)(=O)C(F)(F)F)c3c2CC(F)(F)C3O)cn1. The van der Waals surface area contributed by atoms with E-state index in [0.717, 1.165) is 6.07 Å². The maximum Gasteiger partial charge on any atom is 0.501 e. The summed E-state index contributed by atoms with van der Waals surface area (Å²) in [6, 6.07) is 1.34. The van der Waals surface area contributed by atoms with E-state index in [1.165, 1.54) is 17.1 Å². The van der Waals surface area contributed by atoms with E-state index >= 15 is 0 Å². The molecule has 1 heterocycles. The van der Waals surface area contributed by atoms with Gasteiger partial charge in [0.2, 0.25) is 0 Å². The molecular formula is C14H11F5N2O4S. The Morgan fingerprint density at radius 3 is 2.54 bits per heavy atom. The smallest absolute Gasteiger partial charge is 0.454 e. The highest BCUT2D eigenvalue weighted by atomic mass is 32.2. The van der Waals surface area contributed by atoms with Gasteiger partial charge in [-0.1, -0.05) is 0 Å². The van der Waals surface area contributed by atoms with Crippen molar-refractivity contribution in [3.05, 3.63) is 35.7 Å². The quantitative estimate of drug-likeness (QED) is 0.805. The zero-order chi connectivity index (χ0) is 19.5. The van der Waals surface area contributed by atoms with Gasteiger partial charge in [-0.25, -0.2) is 17.2 Å². The lowest BCUT2D eigenvalue weighted by molar-refractivity contribution is -0.0978. The van der Waals surface area contributed by atoms with E-state index in [1.807, 2.05) is 0 Å². The molecule has 1 aliphatic carbocycles. The molecule has 12 heteroatoms. The van der Waals surface area contributed by atoms with E-state index in [0.29, 0.717) is 6.07 Å². The zero-order valence-corrected chi connectivity index (χ0v) is 13.8. The molecule has 0 spiro atoms. The molecule has 26 heavy (non-hydrogen) atoms. The Hall–Kier alpha value is -2.21. The Labute approximate surface area is 143 Å². The Bertz CT molecular complexity index is 968. The summed E-state index contributed by atoms with van der Waals surface area (Å²) in [5.41, 5.74) is -7.21. The number of aromatic nitrogens is 2. The second kappa shape index (κ2) is 5.64. The average molecular weight is 398 g/mol. The lowest BCUT2D eigenvalue weighted by Gasteiger charge is -2.17. The van der Waals surface area contributed by atoms with Crippen LogP contribution in [0.2, 0.25) is 0 Å². The first-order valence-corrected chi connectivity index (χ1v) is 8.52. The number of aliphatic hydroxyl groups excluding tert-OH is 1. The summed E-state index contributed by atoms with van der Waals surface area (Å²) < 4.78 is 96.5. The number of benzene rings is 1. The van der Waals surface area contributed by atoms with Crippen molar-refractivity contribution in [2.75, 3.05) is 0 Å². The van der Waals surface area contributed by atoms with Crippen LogP contribution in [0, 0.1) is 0 Å². The number of alkyl halides is 5. The molecule has 0 amide bonds. The van der Waals surface area contributed by atoms with Crippen molar-refractivity contribution < 1.29 is 40.2 Å². The van der Waals surface area contributed by atoms with Crippen molar-refractivity contribution in [1.29, 1.82) is 0 Å². The van der Waals surface area contributed by atoms with Gasteiger partial charge in [-0.3, -0.25) is 4.68 Å². The van der Waals surface area contributed by atoms with Gasteiger partial charge in [-0.15, -0.1) is 0 Å². The van der Waals surface area contributed by atoms with Crippen LogP contribution in [0.1, 0.15) is 17.2 Å². The number of hydrogen-bond donors (Lipinski definition) is 1. The van der Waals surface area contributed by atoms with Gasteiger partial charge >= 0.3 is 5.51 Å². The van der Waals surface area contributed by atoms with E-state index < -0.39 is 49.8 Å². The number of nitrogens with zero attached hydrogens (tertiary/aromatic N) is 2. The fraction of sp³-hybridized carbons (Fsp3) is 0.357. The molecule has 1 aromatic heterocycles. The van der Waals surface area contributed by atoms with Gasteiger partial charge in [-0.05, 0) is 12.1 Å². The van der Waals surface area contributed by atoms with Gasteiger partial charge in [0.1, 0.15) is 11.9 Å². The molecule has 0 saturated heterocycles. The van der Waals surface area contributed by atoms with Crippen molar-refractivity contribution in [3.63, 3.8) is 0 Å². The molecule has 0 saturated carbocycles. The van der Waals surface area contributed by atoms with E-state index in [9.17, 15) is 35.5 Å². The minimum atomic E-state index is -5.94. The number of ether oxygens (including phenoxy) is 1. The Morgan fingerprint density at radius 2 is 2.00 bits per heavy atom. The predicted molar refractivity (Wildman–Crippen MR) is 76.6 cm³/mol. The number of aryl methyl sites for hydroxylation is 1. The molecular weight excluding hydrogens is 387 g/mol. The lowest BCUT2D eigenvalue weighted by Crippen LogP contribution is -2.26. The molecule has 1 aliphatic rings. The third kappa shape index (κ3) is 2.82. The summed E-state index contributed by atoms with van der Waals surface area (Å²) in [5.74, 6) is -4.02. The second-order valence-corrected chi connectivity index (χ2v) is 7.60. The van der Waals surface area contributed by atoms with Crippen molar-refractivity contribution >= 4 is 9.84 Å². The number of hydrogen-bond acceptors (Lipinski definition) is 5. The first-order chi connectivity index (χ1) is 11.8. The highest BCUT2D eigenvalue weighted by molar-refractivity contribution is 7.92. The van der Waals surface area contributed by atoms with E-state index in [1.54, 1.807) is 7.05 Å². The monoisotopic (exact) mass is 398 g/mol. The number of halogens is 5. The van der Waals surface area contributed by atoms with Crippen LogP contribution in [0.15, 0.2) is 29.4 Å². The normalized spacial score (nSPS) is 19.4. The molecule has 1 N–H and O–H groups in total. The zero-order valence-electron chi connectivity index (χ0n) is 13.0. The largest absolute Gasteiger partial charge is 0.501 e. The number of rotatable bonds is 3. The molecule has 1 unspecified atom stereocenters. The molecule has 0 aliphatic heterocycles. The minimum Gasteiger partial charge on any atom is -0.454 e. The van der Waals surface area contributed by atoms with Crippen LogP contribution in [-0.2, 0) is 23.3 Å². The van der Waals surface area contributed by atoms with Crippen LogP contribution in [-0.4, -0.2) is 34.7 Å². The van der Waals surface area contributed by atoms with Crippen LogP contribution >= 0.6 is 0 Å². The molecule has 6 nitrogen and oxygen atoms in total. The number of fused-ring (bicyclic) bond motifs is 1. The topological polar surface area (TPSA) is 81.4 Å². The van der Waals surface area contributed by atoms with Gasteiger partial charge in [0.05, 0.1) is 17.3 Å². The van der Waals surface area contributed by atoms with Gasteiger partial charge in [-0.2, -0.15) is 18.3 Å². The standard InChI is InChI=1S/C14H11F5N2O4S/c1-21-6-7(5-20-21)25-9-2-3-10(26(23,24)14(17,18)19)11-8(9)4-13(15,16)12(11)22/h2-3,5-6,12,22H,4H2,1H3. The van der Waals surface area contributed by atoms with E-state index in [2.05, 4.69) is 5.10 Å². The van der Waals surface area contributed by atoms with Crippen molar-refractivity contribution in [2.24, 2.45) is 7.05 Å². The van der Waals surface area contributed by atoms with Crippen LogP contribution in [0.4, 0.5) is 22.0 Å². The van der Waals surface area contributed by atoms with Crippen LogP contribution in [0.3, 0.4) is 0 Å². The molecule has 0 radical (unpaired) electrons. The molecule has 0 bridgehead atoms. The molecule has 142 valence electrons. The molecule has 2 aromatic rings. The van der Waals surface area contributed by atoms with Crippen molar-refractivity contribution in [1.82, 2.24) is 9.78 Å². The highest BCUT2D eigenvalue weighted by Crippen LogP contribution is 2.51. The van der Waals surface area contributed by atoms with Crippen molar-refractivity contribution in [3.8, 4) is 11.5 Å². The summed E-state index contributed by atoms with van der Waals surface area (Å²) in [4.78, 5) is -1.41. The van der Waals surface area contributed by atoms with E-state index in [-0.39, 0.29) is 11.5 Å². The van der Waals surface area contributed by atoms with Gasteiger partial charge in [0, 0.05) is 24.6 Å². The number of aliphatic hydroxyl groups is 1. The summed E-state index contributed by atoms with van der Waals surface area (Å²) in [6.45, 7) is 0. The summed E-state index contributed by atoms with van der Waals surface area (Å²) >= 11 is 0. The van der Waals surface area contributed by atoms with Gasteiger partial charge in [0.25, 0.3) is 15.8 Å². The highest BCUT2D eigenvalue weighted by Gasteiger charge is 2.55. The van der Waals surface area contributed by atoms with Crippen LogP contribution in [0.25, 0.3) is 0 Å². The molecule has 3 rings (SSSR count). The maximum atomic E-state index is 13.9. The third-order valence-electron chi connectivity index (χ3n) is 3.86. The summed E-state index contributed by atoms with van der Waals surface area (Å²) in [5, 5.41) is 13.5. The maximum absolute atomic E-state index is 13.9. The summed E-state index contributed by atoms with van der Waals surface area (Å²) in [6.07, 6.45) is -1.27.